The van der Waals surface area contributed by atoms with Gasteiger partial charge in [-0.05, 0) is 32.1 Å². The Labute approximate surface area is 173 Å². The molecule has 1 aromatic rings. The van der Waals surface area contributed by atoms with E-state index in [9.17, 15) is 15.0 Å². The van der Waals surface area contributed by atoms with E-state index in [1.54, 1.807) is 0 Å². The molecule has 0 aromatic heterocycles. The fourth-order valence-electron chi connectivity index (χ4n) is 2.88. The first kappa shape index (κ1) is 24.7. The van der Waals surface area contributed by atoms with E-state index in [2.05, 4.69) is 6.92 Å². The number of carboxylic acid groups (broad SMARTS) is 1. The number of aromatic hydroxyl groups is 1. The first-order valence-electron chi connectivity index (χ1n) is 10.7. The Morgan fingerprint density at radius 2 is 1.28 bits per heavy atom. The molecule has 7 heteroatoms. The molecule has 0 spiro atoms. The molecule has 0 saturated heterocycles. The maximum atomic E-state index is 11.3. The van der Waals surface area contributed by atoms with Crippen molar-refractivity contribution in [3.05, 3.63) is 5.56 Å². The van der Waals surface area contributed by atoms with Crippen LogP contribution in [0.4, 0.5) is 4.79 Å². The van der Waals surface area contributed by atoms with Gasteiger partial charge in [-0.1, -0.05) is 47.0 Å². The lowest BCUT2D eigenvalue weighted by Gasteiger charge is -2.23. The zero-order valence-electron chi connectivity index (χ0n) is 18.2. The lowest BCUT2D eigenvalue weighted by Crippen LogP contribution is -2.12. The summed E-state index contributed by atoms with van der Waals surface area (Å²) in [5.41, 5.74) is 0.504. The molecule has 0 unspecified atom stereocenters. The number of carbonyl (C=O) groups is 1. The topological polar surface area (TPSA) is 94.5 Å². The summed E-state index contributed by atoms with van der Waals surface area (Å²) in [5, 5.41) is 20.1. The van der Waals surface area contributed by atoms with Crippen molar-refractivity contribution >= 4 is 6.16 Å². The molecule has 166 valence electrons. The Morgan fingerprint density at radius 1 is 0.724 bits per heavy atom. The normalized spacial score (nSPS) is 10.6. The molecule has 1 rings (SSSR count). The Bertz CT molecular complexity index is 628. The summed E-state index contributed by atoms with van der Waals surface area (Å²) in [4.78, 5) is 11.3. The van der Waals surface area contributed by atoms with Crippen molar-refractivity contribution in [1.29, 1.82) is 0 Å². The van der Waals surface area contributed by atoms with Crippen molar-refractivity contribution < 1.29 is 34.0 Å². The van der Waals surface area contributed by atoms with E-state index >= 15 is 0 Å². The molecular weight excluding hydrogens is 376 g/mol. The van der Waals surface area contributed by atoms with Crippen LogP contribution in [0, 0.1) is 0 Å². The highest BCUT2D eigenvalue weighted by Crippen LogP contribution is 2.54. The first-order valence-corrected chi connectivity index (χ1v) is 10.7. The molecule has 0 atom stereocenters. The Balaban J connectivity index is 3.57. The van der Waals surface area contributed by atoms with Crippen molar-refractivity contribution in [3.8, 4) is 28.7 Å². The zero-order valence-corrected chi connectivity index (χ0v) is 18.2. The Hall–Kier alpha value is -2.31. The summed E-state index contributed by atoms with van der Waals surface area (Å²) >= 11 is 0. The summed E-state index contributed by atoms with van der Waals surface area (Å²) in [6.45, 7) is 9.20. The van der Waals surface area contributed by atoms with Crippen molar-refractivity contribution in [2.75, 3.05) is 19.8 Å². The van der Waals surface area contributed by atoms with Crippen LogP contribution in [0.2, 0.25) is 0 Å². The second kappa shape index (κ2) is 13.8. The van der Waals surface area contributed by atoms with Crippen molar-refractivity contribution in [2.24, 2.45) is 0 Å². The first-order chi connectivity index (χ1) is 14.0. The third kappa shape index (κ3) is 7.55. The molecule has 0 radical (unpaired) electrons. The minimum atomic E-state index is -1.50. The number of unbranched alkanes of at least 4 members (excludes halogenated alkanes) is 3. The fourth-order valence-corrected chi connectivity index (χ4v) is 2.88. The van der Waals surface area contributed by atoms with Crippen LogP contribution in [0.3, 0.4) is 0 Å². The summed E-state index contributed by atoms with van der Waals surface area (Å²) in [7, 11) is 0. The molecule has 0 aliphatic rings. The highest BCUT2D eigenvalue weighted by Gasteiger charge is 2.30. The van der Waals surface area contributed by atoms with E-state index in [4.69, 9.17) is 18.9 Å². The number of benzene rings is 1. The molecule has 1 aromatic carbocycles. The van der Waals surface area contributed by atoms with Crippen LogP contribution < -0.4 is 18.9 Å². The van der Waals surface area contributed by atoms with E-state index < -0.39 is 6.16 Å². The molecule has 0 bridgehead atoms. The highest BCUT2D eigenvalue weighted by atomic mass is 16.7. The number of hydrogen-bond donors (Lipinski definition) is 2. The van der Waals surface area contributed by atoms with Gasteiger partial charge in [-0.2, -0.15) is 0 Å². The van der Waals surface area contributed by atoms with Gasteiger partial charge in [-0.3, -0.25) is 0 Å². The second-order valence-electron chi connectivity index (χ2n) is 6.87. The standard InChI is InChI=1S/C22H36O7/c1-5-9-10-11-12-16-18(29-22(24)25)17(23)20(27-14-7-3)21(28-15-8-4)19(16)26-13-6-2/h23H,5-15H2,1-4H3,(H,24,25). The largest absolute Gasteiger partial charge is 0.511 e. The van der Waals surface area contributed by atoms with E-state index in [0.29, 0.717) is 49.7 Å². The number of rotatable bonds is 15. The van der Waals surface area contributed by atoms with Crippen LogP contribution in [0.1, 0.15) is 78.2 Å². The van der Waals surface area contributed by atoms with Gasteiger partial charge in [0.1, 0.15) is 0 Å². The fraction of sp³-hybridized carbons (Fsp3) is 0.682. The van der Waals surface area contributed by atoms with Gasteiger partial charge in [-0.25, -0.2) is 4.79 Å². The van der Waals surface area contributed by atoms with Crippen molar-refractivity contribution in [3.63, 3.8) is 0 Å². The zero-order chi connectivity index (χ0) is 21.6. The molecule has 0 saturated carbocycles. The van der Waals surface area contributed by atoms with Gasteiger partial charge >= 0.3 is 6.16 Å². The van der Waals surface area contributed by atoms with Gasteiger partial charge in [0.15, 0.2) is 11.5 Å². The van der Waals surface area contributed by atoms with Crippen LogP contribution in [0.25, 0.3) is 0 Å². The molecule has 2 N–H and O–H groups in total. The van der Waals surface area contributed by atoms with Crippen molar-refractivity contribution in [1.82, 2.24) is 0 Å². The third-order valence-corrected chi connectivity index (χ3v) is 4.21. The number of ether oxygens (including phenoxy) is 4. The predicted octanol–water partition coefficient (Wildman–Crippen LogP) is 5.94. The minimum Gasteiger partial charge on any atom is -0.502 e. The molecule has 0 aliphatic heterocycles. The van der Waals surface area contributed by atoms with Gasteiger partial charge in [-0.15, -0.1) is 0 Å². The van der Waals surface area contributed by atoms with Crippen LogP contribution in [0.15, 0.2) is 0 Å². The molecular formula is C22H36O7. The van der Waals surface area contributed by atoms with Gasteiger partial charge in [0.25, 0.3) is 0 Å². The minimum absolute atomic E-state index is 0.0694. The number of hydrogen-bond acceptors (Lipinski definition) is 6. The molecule has 0 heterocycles. The highest BCUT2D eigenvalue weighted by molar-refractivity contribution is 5.73. The molecule has 0 amide bonds. The summed E-state index contributed by atoms with van der Waals surface area (Å²) in [5.74, 6) is 0.294. The van der Waals surface area contributed by atoms with Crippen LogP contribution >= 0.6 is 0 Å². The molecule has 7 nitrogen and oxygen atoms in total. The number of phenolic OH excluding ortho intramolecular Hbond substituents is 1. The Kier molecular flexibility index (Phi) is 11.8. The lowest BCUT2D eigenvalue weighted by atomic mass is 10.0. The molecule has 0 fully saturated rings. The average molecular weight is 413 g/mol. The lowest BCUT2D eigenvalue weighted by molar-refractivity contribution is 0.141. The third-order valence-electron chi connectivity index (χ3n) is 4.21. The van der Waals surface area contributed by atoms with Gasteiger partial charge in [0, 0.05) is 5.56 Å². The van der Waals surface area contributed by atoms with Gasteiger partial charge in [0.05, 0.1) is 19.8 Å². The second-order valence-corrected chi connectivity index (χ2v) is 6.87. The maximum absolute atomic E-state index is 11.3. The summed E-state index contributed by atoms with van der Waals surface area (Å²) in [6, 6.07) is 0. The quantitative estimate of drug-likeness (QED) is 0.209. The van der Waals surface area contributed by atoms with Crippen molar-refractivity contribution in [2.45, 2.75) is 79.1 Å². The number of phenols is 1. The van der Waals surface area contributed by atoms with E-state index in [0.717, 1.165) is 38.5 Å². The molecule has 29 heavy (non-hydrogen) atoms. The van der Waals surface area contributed by atoms with Crippen LogP contribution in [0.5, 0.6) is 28.7 Å². The monoisotopic (exact) mass is 412 g/mol. The van der Waals surface area contributed by atoms with E-state index in [1.165, 1.54) is 0 Å². The van der Waals surface area contributed by atoms with Gasteiger partial charge < -0.3 is 29.2 Å². The van der Waals surface area contributed by atoms with Gasteiger partial charge in [0.2, 0.25) is 17.2 Å². The molecule has 0 aliphatic carbocycles. The van der Waals surface area contributed by atoms with E-state index in [1.807, 2.05) is 20.8 Å². The SMILES string of the molecule is CCCCCCc1c(OC(=O)O)c(O)c(OCCC)c(OCCC)c1OCCC. The summed E-state index contributed by atoms with van der Waals surface area (Å²) in [6.07, 6.45) is 5.20. The predicted molar refractivity (Wildman–Crippen MR) is 112 cm³/mol. The maximum Gasteiger partial charge on any atom is 0.511 e. The average Bonchev–Trinajstić information content (AvgIpc) is 2.70. The Morgan fingerprint density at radius 3 is 1.79 bits per heavy atom. The van der Waals surface area contributed by atoms with E-state index in [-0.39, 0.29) is 17.2 Å². The van der Waals surface area contributed by atoms with Crippen LogP contribution in [-0.2, 0) is 6.42 Å². The smallest absolute Gasteiger partial charge is 0.502 e. The summed E-state index contributed by atoms with van der Waals surface area (Å²) < 4.78 is 22.6. The van der Waals surface area contributed by atoms with Crippen LogP contribution in [-0.4, -0.2) is 36.2 Å².